The minimum absolute atomic E-state index is 0.0243. The maximum absolute atomic E-state index is 12.8. The number of hydrogen-bond donors (Lipinski definition) is 1. The summed E-state index contributed by atoms with van der Waals surface area (Å²) in [4.78, 5) is 29.1. The summed E-state index contributed by atoms with van der Waals surface area (Å²) in [6.07, 6.45) is 1.78. The summed E-state index contributed by atoms with van der Waals surface area (Å²) >= 11 is 0. The zero-order chi connectivity index (χ0) is 20.2. The molecule has 0 aliphatic carbocycles. The Morgan fingerprint density at radius 2 is 1.69 bits per heavy atom. The van der Waals surface area contributed by atoms with Gasteiger partial charge in [0, 0.05) is 29.9 Å². The lowest BCUT2D eigenvalue weighted by Gasteiger charge is -2.10. The highest BCUT2D eigenvalue weighted by Gasteiger charge is 2.11. The third kappa shape index (κ3) is 4.24. The van der Waals surface area contributed by atoms with Gasteiger partial charge in [-0.25, -0.2) is 0 Å². The standard InChI is InChI=1S/C24H21N3O2/c1-17-14-21(20-6-2-3-7-22(20)26-17)24(29)25-15-18-9-11-19(12-10-18)16-27-13-5-4-8-23(27)28/h2-14H,15-16H2,1H3,(H,25,29). The zero-order valence-electron chi connectivity index (χ0n) is 16.1. The Bertz CT molecular complexity index is 1230. The van der Waals surface area contributed by atoms with Gasteiger partial charge in [-0.2, -0.15) is 0 Å². The molecule has 29 heavy (non-hydrogen) atoms. The van der Waals surface area contributed by atoms with Crippen molar-refractivity contribution in [3.05, 3.63) is 112 Å². The van der Waals surface area contributed by atoms with Gasteiger partial charge >= 0.3 is 0 Å². The highest BCUT2D eigenvalue weighted by Crippen LogP contribution is 2.18. The number of carbonyl (C=O) groups is 1. The number of rotatable bonds is 5. The van der Waals surface area contributed by atoms with Crippen LogP contribution < -0.4 is 10.9 Å². The summed E-state index contributed by atoms with van der Waals surface area (Å²) in [6.45, 7) is 2.84. The third-order valence-electron chi connectivity index (χ3n) is 4.82. The molecule has 0 fully saturated rings. The summed E-state index contributed by atoms with van der Waals surface area (Å²) in [5.74, 6) is -0.119. The van der Waals surface area contributed by atoms with Gasteiger partial charge in [0.05, 0.1) is 17.6 Å². The van der Waals surface area contributed by atoms with Crippen molar-refractivity contribution in [2.75, 3.05) is 0 Å². The van der Waals surface area contributed by atoms with E-state index in [9.17, 15) is 9.59 Å². The first-order valence-electron chi connectivity index (χ1n) is 9.48. The number of amides is 1. The average molecular weight is 383 g/mol. The van der Waals surface area contributed by atoms with Gasteiger partial charge in [-0.1, -0.05) is 48.5 Å². The minimum atomic E-state index is -0.119. The molecule has 0 radical (unpaired) electrons. The number of fused-ring (bicyclic) bond motifs is 1. The van der Waals surface area contributed by atoms with E-state index in [1.807, 2.05) is 67.6 Å². The molecule has 2 heterocycles. The first kappa shape index (κ1) is 18.6. The van der Waals surface area contributed by atoms with Crippen molar-refractivity contribution in [2.45, 2.75) is 20.0 Å². The van der Waals surface area contributed by atoms with Gasteiger partial charge in [0.25, 0.3) is 11.5 Å². The molecule has 5 heteroatoms. The molecule has 4 aromatic rings. The van der Waals surface area contributed by atoms with Gasteiger partial charge in [0.15, 0.2) is 0 Å². The van der Waals surface area contributed by atoms with Crippen LogP contribution in [0.15, 0.2) is 83.8 Å². The van der Waals surface area contributed by atoms with E-state index in [2.05, 4.69) is 10.3 Å². The van der Waals surface area contributed by atoms with Crippen LogP contribution in [0.1, 0.15) is 27.2 Å². The predicted octanol–water partition coefficient (Wildman–Crippen LogP) is 3.68. The van der Waals surface area contributed by atoms with Crippen LogP contribution in [0.2, 0.25) is 0 Å². The second-order valence-electron chi connectivity index (χ2n) is 6.99. The molecule has 2 aromatic heterocycles. The van der Waals surface area contributed by atoms with E-state index in [4.69, 9.17) is 0 Å². The van der Waals surface area contributed by atoms with Crippen molar-refractivity contribution in [2.24, 2.45) is 0 Å². The first-order valence-corrected chi connectivity index (χ1v) is 9.48. The van der Waals surface area contributed by atoms with Crippen molar-refractivity contribution in [1.82, 2.24) is 14.9 Å². The van der Waals surface area contributed by atoms with E-state index in [0.29, 0.717) is 18.7 Å². The van der Waals surface area contributed by atoms with E-state index in [0.717, 1.165) is 27.7 Å². The lowest BCUT2D eigenvalue weighted by Crippen LogP contribution is -2.23. The molecule has 1 amide bonds. The maximum atomic E-state index is 12.8. The lowest BCUT2D eigenvalue weighted by atomic mass is 10.1. The number of aromatic nitrogens is 2. The van der Waals surface area contributed by atoms with Crippen molar-refractivity contribution >= 4 is 16.8 Å². The molecular formula is C24H21N3O2. The fraction of sp³-hybridized carbons (Fsp3) is 0.125. The van der Waals surface area contributed by atoms with Crippen LogP contribution in [-0.2, 0) is 13.1 Å². The Morgan fingerprint density at radius 1 is 0.966 bits per heavy atom. The van der Waals surface area contributed by atoms with Crippen LogP contribution in [0.4, 0.5) is 0 Å². The van der Waals surface area contributed by atoms with E-state index >= 15 is 0 Å². The largest absolute Gasteiger partial charge is 0.348 e. The van der Waals surface area contributed by atoms with Crippen molar-refractivity contribution in [1.29, 1.82) is 0 Å². The van der Waals surface area contributed by atoms with Gasteiger partial charge in [-0.05, 0) is 36.2 Å². The highest BCUT2D eigenvalue weighted by atomic mass is 16.1. The monoisotopic (exact) mass is 383 g/mol. The van der Waals surface area contributed by atoms with Gasteiger partial charge in [-0.15, -0.1) is 0 Å². The molecule has 0 aliphatic heterocycles. The molecule has 0 spiro atoms. The quantitative estimate of drug-likeness (QED) is 0.572. The fourth-order valence-electron chi connectivity index (χ4n) is 3.32. The number of hydrogen-bond acceptors (Lipinski definition) is 3. The maximum Gasteiger partial charge on any atom is 0.252 e. The van der Waals surface area contributed by atoms with Crippen molar-refractivity contribution in [3.8, 4) is 0 Å². The number of benzene rings is 2. The highest BCUT2D eigenvalue weighted by molar-refractivity contribution is 6.06. The van der Waals surface area contributed by atoms with E-state index in [1.165, 1.54) is 0 Å². The number of para-hydroxylation sites is 1. The van der Waals surface area contributed by atoms with Gasteiger partial charge < -0.3 is 9.88 Å². The predicted molar refractivity (Wildman–Crippen MR) is 114 cm³/mol. The first-order chi connectivity index (χ1) is 14.1. The van der Waals surface area contributed by atoms with Crippen LogP contribution in [0.5, 0.6) is 0 Å². The zero-order valence-corrected chi connectivity index (χ0v) is 16.1. The van der Waals surface area contributed by atoms with Crippen LogP contribution in [0.25, 0.3) is 10.9 Å². The average Bonchev–Trinajstić information content (AvgIpc) is 2.74. The second-order valence-corrected chi connectivity index (χ2v) is 6.99. The summed E-state index contributed by atoms with van der Waals surface area (Å²) in [6, 6.07) is 22.5. The molecule has 2 aromatic carbocycles. The minimum Gasteiger partial charge on any atom is -0.348 e. The molecule has 0 unspecified atom stereocenters. The van der Waals surface area contributed by atoms with E-state index in [-0.39, 0.29) is 11.5 Å². The molecule has 0 saturated heterocycles. The SMILES string of the molecule is Cc1cc(C(=O)NCc2ccc(Cn3ccccc3=O)cc2)c2ccccc2n1. The molecule has 4 rings (SSSR count). The van der Waals surface area contributed by atoms with Crippen LogP contribution >= 0.6 is 0 Å². The van der Waals surface area contributed by atoms with Gasteiger partial charge in [-0.3, -0.25) is 14.6 Å². The summed E-state index contributed by atoms with van der Waals surface area (Å²) in [7, 11) is 0. The Labute approximate surface area is 168 Å². The Morgan fingerprint density at radius 3 is 2.48 bits per heavy atom. The van der Waals surface area contributed by atoms with E-state index < -0.39 is 0 Å². The normalized spacial score (nSPS) is 10.8. The van der Waals surface area contributed by atoms with Gasteiger partial charge in [0.1, 0.15) is 0 Å². The molecule has 0 saturated carbocycles. The number of carbonyl (C=O) groups excluding carboxylic acids is 1. The summed E-state index contributed by atoms with van der Waals surface area (Å²) in [5, 5.41) is 3.84. The molecule has 0 bridgehead atoms. The van der Waals surface area contributed by atoms with Crippen LogP contribution in [0.3, 0.4) is 0 Å². The second kappa shape index (κ2) is 8.10. The Hall–Kier alpha value is -3.73. The van der Waals surface area contributed by atoms with Crippen molar-refractivity contribution < 1.29 is 4.79 Å². The topological polar surface area (TPSA) is 64.0 Å². The van der Waals surface area contributed by atoms with Crippen LogP contribution in [-0.4, -0.2) is 15.5 Å². The van der Waals surface area contributed by atoms with E-state index in [1.54, 1.807) is 22.9 Å². The number of aryl methyl sites for hydroxylation is 1. The lowest BCUT2D eigenvalue weighted by molar-refractivity contribution is 0.0952. The fourth-order valence-corrected chi connectivity index (χ4v) is 3.32. The number of nitrogens with zero attached hydrogens (tertiary/aromatic N) is 2. The van der Waals surface area contributed by atoms with Gasteiger partial charge in [0.2, 0.25) is 0 Å². The molecule has 1 N–H and O–H groups in total. The number of nitrogens with one attached hydrogen (secondary N) is 1. The van der Waals surface area contributed by atoms with Crippen LogP contribution in [0, 0.1) is 6.92 Å². The Kier molecular flexibility index (Phi) is 5.20. The molecular weight excluding hydrogens is 362 g/mol. The van der Waals surface area contributed by atoms with Crippen molar-refractivity contribution in [3.63, 3.8) is 0 Å². The smallest absolute Gasteiger partial charge is 0.252 e. The third-order valence-corrected chi connectivity index (χ3v) is 4.82. The molecule has 0 atom stereocenters. The summed E-state index contributed by atoms with van der Waals surface area (Å²) in [5.41, 5.74) is 4.27. The Balaban J connectivity index is 1.45. The molecule has 5 nitrogen and oxygen atoms in total. The number of pyridine rings is 2. The molecule has 144 valence electrons. The summed E-state index contributed by atoms with van der Waals surface area (Å²) < 4.78 is 1.66. The molecule has 0 aliphatic rings.